The smallest absolute Gasteiger partial charge is 0.305 e. The lowest BCUT2D eigenvalue weighted by Crippen LogP contribution is -2.29. The largest absolute Gasteiger partial charge is 0.481 e. The molecule has 0 bridgehead atoms. The Morgan fingerprint density at radius 2 is 1.85 bits per heavy atom. The molecule has 1 aliphatic rings. The van der Waals surface area contributed by atoms with Crippen molar-refractivity contribution in [3.63, 3.8) is 0 Å². The number of rotatable bonds is 8. The van der Waals surface area contributed by atoms with E-state index >= 15 is 0 Å². The van der Waals surface area contributed by atoms with Crippen molar-refractivity contribution in [3.8, 4) is 0 Å². The maximum absolute atomic E-state index is 13.9. The quantitative estimate of drug-likeness (QED) is 0.415. The molecule has 1 amide bonds. The standard InChI is InChI=1S/C27H31FN2O4/c1-17-22-16-20(28)10-13-23(22)34-26(17)25(18-6-4-3-5-7-18)29-21-11-8-19(9-12-21)27(33)30(2)15-14-24(31)32/h8-13,16,18,25,29H,3-7,14-15H2,1-2H3,(H,31,32). The predicted octanol–water partition coefficient (Wildman–Crippen LogP) is 6.16. The van der Waals surface area contributed by atoms with Gasteiger partial charge < -0.3 is 19.7 Å². The molecule has 2 aromatic carbocycles. The van der Waals surface area contributed by atoms with Gasteiger partial charge in [-0.2, -0.15) is 0 Å². The fourth-order valence-electron chi connectivity index (χ4n) is 4.85. The Balaban J connectivity index is 1.57. The average molecular weight is 467 g/mol. The maximum Gasteiger partial charge on any atom is 0.305 e. The van der Waals surface area contributed by atoms with Gasteiger partial charge in [0, 0.05) is 35.8 Å². The minimum absolute atomic E-state index is 0.0597. The van der Waals surface area contributed by atoms with Crippen LogP contribution in [0.15, 0.2) is 46.9 Å². The van der Waals surface area contributed by atoms with Crippen LogP contribution in [0.4, 0.5) is 10.1 Å². The normalized spacial score (nSPS) is 15.3. The minimum atomic E-state index is -0.934. The van der Waals surface area contributed by atoms with Gasteiger partial charge in [0.2, 0.25) is 0 Å². The van der Waals surface area contributed by atoms with Crippen LogP contribution < -0.4 is 5.32 Å². The highest BCUT2D eigenvalue weighted by molar-refractivity contribution is 5.94. The number of amides is 1. The molecule has 0 saturated heterocycles. The summed E-state index contributed by atoms with van der Waals surface area (Å²) in [5.74, 6) is -0.204. The highest BCUT2D eigenvalue weighted by Crippen LogP contribution is 2.41. The molecule has 34 heavy (non-hydrogen) atoms. The SMILES string of the molecule is Cc1c(C(Nc2ccc(C(=O)N(C)CCC(=O)O)cc2)C2CCCCC2)oc2ccc(F)cc12. The molecule has 0 aliphatic heterocycles. The van der Waals surface area contributed by atoms with Crippen molar-refractivity contribution < 1.29 is 23.5 Å². The zero-order valence-electron chi connectivity index (χ0n) is 19.6. The summed E-state index contributed by atoms with van der Waals surface area (Å²) in [6, 6.07) is 11.8. The Morgan fingerprint density at radius 3 is 2.53 bits per heavy atom. The van der Waals surface area contributed by atoms with E-state index in [1.807, 2.05) is 19.1 Å². The number of carboxylic acids is 1. The second-order valence-corrected chi connectivity index (χ2v) is 9.20. The number of nitrogens with zero attached hydrogens (tertiary/aromatic N) is 1. The third kappa shape index (κ3) is 5.24. The topological polar surface area (TPSA) is 82.8 Å². The van der Waals surface area contributed by atoms with Crippen molar-refractivity contribution in [2.24, 2.45) is 5.92 Å². The molecular formula is C27H31FN2O4. The van der Waals surface area contributed by atoms with E-state index in [0.717, 1.165) is 35.2 Å². The third-order valence-electron chi connectivity index (χ3n) is 6.80. The molecule has 1 unspecified atom stereocenters. The van der Waals surface area contributed by atoms with E-state index in [1.54, 1.807) is 25.2 Å². The van der Waals surface area contributed by atoms with Gasteiger partial charge in [0.05, 0.1) is 12.5 Å². The highest BCUT2D eigenvalue weighted by Gasteiger charge is 2.30. The molecule has 180 valence electrons. The number of hydrogen-bond donors (Lipinski definition) is 2. The number of aliphatic carboxylic acids is 1. The Hall–Kier alpha value is -3.35. The van der Waals surface area contributed by atoms with Crippen molar-refractivity contribution in [2.75, 3.05) is 18.9 Å². The number of carboxylic acid groups (broad SMARTS) is 1. The number of benzene rings is 2. The predicted molar refractivity (Wildman–Crippen MR) is 130 cm³/mol. The second kappa shape index (κ2) is 10.3. The van der Waals surface area contributed by atoms with Gasteiger partial charge in [-0.1, -0.05) is 19.3 Å². The lowest BCUT2D eigenvalue weighted by atomic mass is 9.82. The fourth-order valence-corrected chi connectivity index (χ4v) is 4.85. The molecule has 1 aromatic heterocycles. The molecule has 1 heterocycles. The number of fused-ring (bicyclic) bond motifs is 1. The van der Waals surface area contributed by atoms with Crippen molar-refractivity contribution >= 4 is 28.5 Å². The fraction of sp³-hybridized carbons (Fsp3) is 0.407. The molecule has 3 aromatic rings. The number of carbonyl (C=O) groups excluding carboxylic acids is 1. The van der Waals surface area contributed by atoms with E-state index < -0.39 is 5.97 Å². The van der Waals surface area contributed by atoms with E-state index in [9.17, 15) is 14.0 Å². The van der Waals surface area contributed by atoms with Crippen LogP contribution in [0.5, 0.6) is 0 Å². The van der Waals surface area contributed by atoms with Crippen LogP contribution >= 0.6 is 0 Å². The Morgan fingerprint density at radius 1 is 1.15 bits per heavy atom. The molecule has 1 saturated carbocycles. The van der Waals surface area contributed by atoms with Gasteiger partial charge in [0.15, 0.2) is 0 Å². The van der Waals surface area contributed by atoms with Crippen LogP contribution in [-0.4, -0.2) is 35.5 Å². The number of hydrogen-bond acceptors (Lipinski definition) is 4. The number of aryl methyl sites for hydroxylation is 1. The summed E-state index contributed by atoms with van der Waals surface area (Å²) in [4.78, 5) is 24.8. The zero-order chi connectivity index (χ0) is 24.2. The minimum Gasteiger partial charge on any atom is -0.481 e. The van der Waals surface area contributed by atoms with Gasteiger partial charge in [0.1, 0.15) is 17.2 Å². The monoisotopic (exact) mass is 466 g/mol. The summed E-state index contributed by atoms with van der Waals surface area (Å²) >= 11 is 0. The van der Waals surface area contributed by atoms with Crippen molar-refractivity contribution in [2.45, 2.75) is 51.5 Å². The third-order valence-corrected chi connectivity index (χ3v) is 6.80. The first kappa shape index (κ1) is 23.8. The van der Waals surface area contributed by atoms with E-state index in [2.05, 4.69) is 5.32 Å². The molecule has 1 aliphatic carbocycles. The maximum atomic E-state index is 13.9. The Kier molecular flexibility index (Phi) is 7.20. The van der Waals surface area contributed by atoms with Gasteiger partial charge in [-0.15, -0.1) is 0 Å². The van der Waals surface area contributed by atoms with Gasteiger partial charge in [-0.3, -0.25) is 9.59 Å². The lowest BCUT2D eigenvalue weighted by molar-refractivity contribution is -0.137. The zero-order valence-corrected chi connectivity index (χ0v) is 19.6. The van der Waals surface area contributed by atoms with Crippen LogP contribution in [0.25, 0.3) is 11.0 Å². The van der Waals surface area contributed by atoms with Gasteiger partial charge in [0.25, 0.3) is 5.91 Å². The Labute approximate surface area is 198 Å². The number of nitrogens with one attached hydrogen (secondary N) is 1. The van der Waals surface area contributed by atoms with E-state index in [4.69, 9.17) is 9.52 Å². The summed E-state index contributed by atoms with van der Waals surface area (Å²) in [6.45, 7) is 2.14. The molecule has 1 atom stereocenters. The summed E-state index contributed by atoms with van der Waals surface area (Å²) in [5.41, 5.74) is 3.00. The summed E-state index contributed by atoms with van der Waals surface area (Å²) in [7, 11) is 1.60. The lowest BCUT2D eigenvalue weighted by Gasteiger charge is -2.31. The van der Waals surface area contributed by atoms with Crippen LogP contribution in [0.1, 0.15) is 66.2 Å². The van der Waals surface area contributed by atoms with E-state index in [0.29, 0.717) is 17.1 Å². The second-order valence-electron chi connectivity index (χ2n) is 9.20. The molecule has 7 heteroatoms. The van der Waals surface area contributed by atoms with Crippen molar-refractivity contribution in [3.05, 3.63) is 65.2 Å². The van der Waals surface area contributed by atoms with Crippen LogP contribution in [0.2, 0.25) is 0 Å². The Bertz CT molecular complexity index is 1170. The van der Waals surface area contributed by atoms with E-state index in [-0.39, 0.29) is 30.7 Å². The number of anilines is 1. The summed E-state index contributed by atoms with van der Waals surface area (Å²) < 4.78 is 20.1. The number of halogens is 1. The van der Waals surface area contributed by atoms with Crippen LogP contribution in [0.3, 0.4) is 0 Å². The number of carbonyl (C=O) groups is 2. The van der Waals surface area contributed by atoms with Gasteiger partial charge in [-0.05, 0) is 68.1 Å². The van der Waals surface area contributed by atoms with Crippen LogP contribution in [-0.2, 0) is 4.79 Å². The summed E-state index contributed by atoms with van der Waals surface area (Å²) in [5, 5.41) is 13.3. The van der Waals surface area contributed by atoms with Crippen molar-refractivity contribution in [1.82, 2.24) is 4.90 Å². The molecule has 6 nitrogen and oxygen atoms in total. The molecule has 4 rings (SSSR count). The highest BCUT2D eigenvalue weighted by atomic mass is 19.1. The first-order chi connectivity index (χ1) is 16.3. The molecular weight excluding hydrogens is 435 g/mol. The van der Waals surface area contributed by atoms with Crippen molar-refractivity contribution in [1.29, 1.82) is 0 Å². The van der Waals surface area contributed by atoms with Gasteiger partial charge in [-0.25, -0.2) is 4.39 Å². The average Bonchev–Trinajstić information content (AvgIpc) is 3.16. The first-order valence-corrected chi connectivity index (χ1v) is 11.9. The molecule has 0 spiro atoms. The number of furan rings is 1. The van der Waals surface area contributed by atoms with Crippen LogP contribution in [0, 0.1) is 18.7 Å². The van der Waals surface area contributed by atoms with E-state index in [1.165, 1.54) is 36.3 Å². The molecule has 1 fully saturated rings. The summed E-state index contributed by atoms with van der Waals surface area (Å²) in [6.07, 6.45) is 5.67. The molecule has 2 N–H and O–H groups in total. The van der Waals surface area contributed by atoms with Gasteiger partial charge >= 0.3 is 5.97 Å². The molecule has 0 radical (unpaired) electrons. The first-order valence-electron chi connectivity index (χ1n) is 11.9.